The first kappa shape index (κ1) is 13.6. The van der Waals surface area contributed by atoms with Gasteiger partial charge in [0.2, 0.25) is 0 Å². The van der Waals surface area contributed by atoms with E-state index >= 15 is 0 Å². The Balaban J connectivity index is 1.73. The van der Waals surface area contributed by atoms with E-state index in [1.165, 1.54) is 43.4 Å². The van der Waals surface area contributed by atoms with Gasteiger partial charge in [0, 0.05) is 6.54 Å². The molecule has 1 aromatic rings. The van der Waals surface area contributed by atoms with E-state index in [1.54, 1.807) is 0 Å². The molecule has 1 aliphatic carbocycles. The summed E-state index contributed by atoms with van der Waals surface area (Å²) in [6.45, 7) is 6.84. The van der Waals surface area contributed by atoms with Crippen LogP contribution >= 0.6 is 0 Å². The zero-order chi connectivity index (χ0) is 12.8. The molecule has 0 aliphatic heterocycles. The maximum absolute atomic E-state index is 3.64. The number of benzene rings is 1. The molecule has 2 atom stereocenters. The molecule has 1 heteroatoms. The van der Waals surface area contributed by atoms with Gasteiger partial charge in [-0.15, -0.1) is 0 Å². The highest BCUT2D eigenvalue weighted by Crippen LogP contribution is 2.28. The van der Waals surface area contributed by atoms with Gasteiger partial charge in [0.1, 0.15) is 0 Å². The van der Waals surface area contributed by atoms with Crippen molar-refractivity contribution in [3.05, 3.63) is 35.4 Å². The fourth-order valence-corrected chi connectivity index (χ4v) is 2.99. The van der Waals surface area contributed by atoms with Crippen LogP contribution in [0.3, 0.4) is 0 Å². The Hall–Kier alpha value is -0.820. The van der Waals surface area contributed by atoms with Crippen LogP contribution in [0.5, 0.6) is 0 Å². The van der Waals surface area contributed by atoms with E-state index in [0.29, 0.717) is 0 Å². The minimum absolute atomic E-state index is 0.897. The van der Waals surface area contributed by atoms with Crippen molar-refractivity contribution < 1.29 is 0 Å². The number of hydrogen-bond acceptors (Lipinski definition) is 1. The Bertz CT molecular complexity index is 341. The lowest BCUT2D eigenvalue weighted by molar-refractivity contribution is 0.247. The van der Waals surface area contributed by atoms with Crippen LogP contribution in [0.25, 0.3) is 0 Å². The molecule has 1 fully saturated rings. The van der Waals surface area contributed by atoms with Crippen molar-refractivity contribution in [2.45, 2.75) is 52.5 Å². The van der Waals surface area contributed by atoms with E-state index in [0.717, 1.165) is 24.8 Å². The lowest BCUT2D eigenvalue weighted by atomic mass is 9.80. The van der Waals surface area contributed by atoms with E-state index < -0.39 is 0 Å². The molecule has 1 aromatic carbocycles. The first-order chi connectivity index (χ1) is 8.79. The standard InChI is InChI=1S/C17H27N/c1-3-15-8-10-16(11-9-15)12-18-13-17-7-5-4-6-14(17)2/h8-11,14,17-18H,3-7,12-13H2,1-2H3. The van der Waals surface area contributed by atoms with Gasteiger partial charge >= 0.3 is 0 Å². The van der Waals surface area contributed by atoms with E-state index in [2.05, 4.69) is 43.4 Å². The molecule has 0 spiro atoms. The molecule has 0 amide bonds. The summed E-state index contributed by atoms with van der Waals surface area (Å²) < 4.78 is 0. The van der Waals surface area contributed by atoms with Crippen molar-refractivity contribution in [3.63, 3.8) is 0 Å². The molecule has 100 valence electrons. The van der Waals surface area contributed by atoms with Crippen LogP contribution < -0.4 is 5.32 Å². The number of nitrogens with one attached hydrogen (secondary N) is 1. The van der Waals surface area contributed by atoms with Gasteiger partial charge in [-0.05, 0) is 42.3 Å². The smallest absolute Gasteiger partial charge is 0.0205 e. The van der Waals surface area contributed by atoms with E-state index in [1.807, 2.05) is 0 Å². The summed E-state index contributed by atoms with van der Waals surface area (Å²) in [7, 11) is 0. The van der Waals surface area contributed by atoms with Crippen molar-refractivity contribution in [1.29, 1.82) is 0 Å². The summed E-state index contributed by atoms with van der Waals surface area (Å²) in [5.41, 5.74) is 2.84. The summed E-state index contributed by atoms with van der Waals surface area (Å²) in [5, 5.41) is 3.64. The van der Waals surface area contributed by atoms with Gasteiger partial charge < -0.3 is 5.32 Å². The van der Waals surface area contributed by atoms with Crippen molar-refractivity contribution in [3.8, 4) is 0 Å². The fourth-order valence-electron chi connectivity index (χ4n) is 2.99. The van der Waals surface area contributed by atoms with Crippen LogP contribution in [0.1, 0.15) is 50.7 Å². The molecule has 0 aromatic heterocycles. The lowest BCUT2D eigenvalue weighted by Crippen LogP contribution is -2.29. The molecular weight excluding hydrogens is 218 g/mol. The quantitative estimate of drug-likeness (QED) is 0.821. The van der Waals surface area contributed by atoms with Crippen molar-refractivity contribution >= 4 is 0 Å². The first-order valence-electron chi connectivity index (χ1n) is 7.58. The van der Waals surface area contributed by atoms with E-state index in [4.69, 9.17) is 0 Å². The highest BCUT2D eigenvalue weighted by molar-refractivity contribution is 5.22. The summed E-state index contributed by atoms with van der Waals surface area (Å²) in [4.78, 5) is 0. The van der Waals surface area contributed by atoms with Crippen LogP contribution in [0.2, 0.25) is 0 Å². The number of hydrogen-bond donors (Lipinski definition) is 1. The Morgan fingerprint density at radius 3 is 2.39 bits per heavy atom. The van der Waals surface area contributed by atoms with Gasteiger partial charge in [0.05, 0.1) is 0 Å². The Labute approximate surface area is 112 Å². The lowest BCUT2D eigenvalue weighted by Gasteiger charge is -2.28. The zero-order valence-corrected chi connectivity index (χ0v) is 11.9. The van der Waals surface area contributed by atoms with Crippen LogP contribution in [-0.4, -0.2) is 6.54 Å². The molecule has 0 bridgehead atoms. The number of aryl methyl sites for hydroxylation is 1. The van der Waals surface area contributed by atoms with Crippen LogP contribution in [0.15, 0.2) is 24.3 Å². The second-order valence-corrected chi connectivity index (χ2v) is 5.82. The van der Waals surface area contributed by atoms with Crippen LogP contribution in [0, 0.1) is 11.8 Å². The summed E-state index contributed by atoms with van der Waals surface area (Å²) in [6.07, 6.45) is 6.85. The van der Waals surface area contributed by atoms with Gasteiger partial charge in [-0.2, -0.15) is 0 Å². The molecule has 1 aliphatic rings. The van der Waals surface area contributed by atoms with Crippen molar-refractivity contribution in [2.24, 2.45) is 11.8 Å². The van der Waals surface area contributed by atoms with Crippen LogP contribution in [-0.2, 0) is 13.0 Å². The van der Waals surface area contributed by atoms with Crippen molar-refractivity contribution in [2.75, 3.05) is 6.54 Å². The minimum atomic E-state index is 0.897. The highest BCUT2D eigenvalue weighted by Gasteiger charge is 2.20. The van der Waals surface area contributed by atoms with Crippen LogP contribution in [0.4, 0.5) is 0 Å². The molecule has 2 unspecified atom stereocenters. The topological polar surface area (TPSA) is 12.0 Å². The molecule has 0 radical (unpaired) electrons. The monoisotopic (exact) mass is 245 g/mol. The second kappa shape index (κ2) is 6.94. The normalized spacial score (nSPS) is 24.1. The maximum Gasteiger partial charge on any atom is 0.0205 e. The molecule has 18 heavy (non-hydrogen) atoms. The van der Waals surface area contributed by atoms with Gasteiger partial charge in [0.25, 0.3) is 0 Å². The molecule has 1 saturated carbocycles. The Kier molecular flexibility index (Phi) is 5.25. The molecule has 1 nitrogen and oxygen atoms in total. The van der Waals surface area contributed by atoms with Gasteiger partial charge in [0.15, 0.2) is 0 Å². The van der Waals surface area contributed by atoms with E-state index in [9.17, 15) is 0 Å². The highest BCUT2D eigenvalue weighted by atomic mass is 14.9. The van der Waals surface area contributed by atoms with Gasteiger partial charge in [-0.25, -0.2) is 0 Å². The summed E-state index contributed by atoms with van der Waals surface area (Å²) in [5.74, 6) is 1.81. The summed E-state index contributed by atoms with van der Waals surface area (Å²) in [6, 6.07) is 9.02. The SMILES string of the molecule is CCc1ccc(CNCC2CCCCC2C)cc1. The third-order valence-corrected chi connectivity index (χ3v) is 4.46. The average Bonchev–Trinajstić information content (AvgIpc) is 2.42. The second-order valence-electron chi connectivity index (χ2n) is 5.82. The third-order valence-electron chi connectivity index (χ3n) is 4.46. The molecule has 2 rings (SSSR count). The fraction of sp³-hybridized carbons (Fsp3) is 0.647. The van der Waals surface area contributed by atoms with Gasteiger partial charge in [-0.3, -0.25) is 0 Å². The predicted octanol–water partition coefficient (Wildman–Crippen LogP) is 4.16. The third kappa shape index (κ3) is 3.84. The maximum atomic E-state index is 3.64. The Morgan fingerprint density at radius 1 is 1.06 bits per heavy atom. The summed E-state index contributed by atoms with van der Waals surface area (Å²) >= 11 is 0. The molecule has 1 N–H and O–H groups in total. The number of rotatable bonds is 5. The zero-order valence-electron chi connectivity index (χ0n) is 11.9. The minimum Gasteiger partial charge on any atom is -0.312 e. The van der Waals surface area contributed by atoms with Crippen molar-refractivity contribution in [1.82, 2.24) is 5.32 Å². The predicted molar refractivity (Wildman–Crippen MR) is 78.6 cm³/mol. The molecule has 0 heterocycles. The first-order valence-corrected chi connectivity index (χ1v) is 7.58. The molecular formula is C17H27N. The largest absolute Gasteiger partial charge is 0.312 e. The van der Waals surface area contributed by atoms with E-state index in [-0.39, 0.29) is 0 Å². The average molecular weight is 245 g/mol. The Morgan fingerprint density at radius 2 is 1.72 bits per heavy atom. The molecule has 0 saturated heterocycles. The van der Waals surface area contributed by atoms with Gasteiger partial charge in [-0.1, -0.05) is 57.4 Å².